The first kappa shape index (κ1) is 12.1. The first-order valence-electron chi connectivity index (χ1n) is 4.37. The highest BCUT2D eigenvalue weighted by atomic mass is 16.6. The van der Waals surface area contributed by atoms with E-state index in [1.165, 1.54) is 0 Å². The van der Waals surface area contributed by atoms with Gasteiger partial charge in [-0.25, -0.2) is 4.79 Å². The minimum atomic E-state index is -1.01. The zero-order valence-corrected chi connectivity index (χ0v) is 8.12. The highest BCUT2D eigenvalue weighted by Gasteiger charge is 2.09. The van der Waals surface area contributed by atoms with Crippen molar-refractivity contribution in [2.75, 3.05) is 6.54 Å². The van der Waals surface area contributed by atoms with Crippen LogP contribution in [0.15, 0.2) is 11.6 Å². The number of aliphatic hydroxyl groups is 1. The number of carbonyl (C=O) groups excluding carboxylic acids is 1. The first-order valence-corrected chi connectivity index (χ1v) is 4.37. The van der Waals surface area contributed by atoms with E-state index in [-0.39, 0.29) is 0 Å². The maximum absolute atomic E-state index is 11.1. The van der Waals surface area contributed by atoms with E-state index in [4.69, 9.17) is 10.8 Å². The molecule has 13 heavy (non-hydrogen) atoms. The molecule has 0 aromatic heterocycles. The summed E-state index contributed by atoms with van der Waals surface area (Å²) in [5.41, 5.74) is 5.74. The van der Waals surface area contributed by atoms with Crippen LogP contribution in [0.25, 0.3) is 0 Å². The van der Waals surface area contributed by atoms with Gasteiger partial charge >= 0.3 is 5.97 Å². The van der Waals surface area contributed by atoms with Gasteiger partial charge in [-0.1, -0.05) is 13.0 Å². The topological polar surface area (TPSA) is 72.5 Å². The second-order valence-electron chi connectivity index (χ2n) is 2.73. The Morgan fingerprint density at radius 1 is 1.69 bits per heavy atom. The van der Waals surface area contributed by atoms with Crippen molar-refractivity contribution in [1.29, 1.82) is 0 Å². The summed E-state index contributed by atoms with van der Waals surface area (Å²) in [6, 6.07) is 0. The van der Waals surface area contributed by atoms with Crippen molar-refractivity contribution in [1.82, 2.24) is 0 Å². The van der Waals surface area contributed by atoms with Crippen molar-refractivity contribution in [3.63, 3.8) is 0 Å². The Morgan fingerprint density at radius 3 is 2.77 bits per heavy atom. The molecule has 4 nitrogen and oxygen atoms in total. The monoisotopic (exact) mass is 187 g/mol. The van der Waals surface area contributed by atoms with Gasteiger partial charge < -0.3 is 15.6 Å². The third kappa shape index (κ3) is 5.38. The Balaban J connectivity index is 3.95. The number of carbonyl (C=O) groups is 1. The molecular weight excluding hydrogens is 170 g/mol. The minimum Gasteiger partial charge on any atom is -0.433 e. The third-order valence-electron chi connectivity index (χ3n) is 1.53. The van der Waals surface area contributed by atoms with Crippen molar-refractivity contribution in [2.45, 2.75) is 33.0 Å². The molecule has 3 N–H and O–H groups in total. The van der Waals surface area contributed by atoms with Gasteiger partial charge in [0.15, 0.2) is 0 Å². The van der Waals surface area contributed by atoms with Gasteiger partial charge in [0.05, 0.1) is 0 Å². The quantitative estimate of drug-likeness (QED) is 0.374. The molecule has 76 valence electrons. The second kappa shape index (κ2) is 6.62. The Labute approximate surface area is 78.4 Å². The Hall–Kier alpha value is -0.870. The number of aliphatic hydroxyl groups excluding tert-OH is 1. The molecule has 0 aliphatic heterocycles. The number of hydrogen-bond donors (Lipinski definition) is 2. The molecule has 1 atom stereocenters. The SMILES string of the molecule is CCC(O)OC(=O)/C(C)=C/CCN. The summed E-state index contributed by atoms with van der Waals surface area (Å²) in [5.74, 6) is -0.484. The van der Waals surface area contributed by atoms with Crippen molar-refractivity contribution >= 4 is 5.97 Å². The van der Waals surface area contributed by atoms with E-state index in [2.05, 4.69) is 4.74 Å². The summed E-state index contributed by atoms with van der Waals surface area (Å²) in [7, 11) is 0. The summed E-state index contributed by atoms with van der Waals surface area (Å²) >= 11 is 0. The fourth-order valence-electron chi connectivity index (χ4n) is 0.683. The number of hydrogen-bond acceptors (Lipinski definition) is 4. The number of esters is 1. The summed E-state index contributed by atoms with van der Waals surface area (Å²) in [4.78, 5) is 11.1. The average molecular weight is 187 g/mol. The van der Waals surface area contributed by atoms with Gasteiger partial charge in [0, 0.05) is 12.0 Å². The summed E-state index contributed by atoms with van der Waals surface area (Å²) in [5, 5.41) is 9.01. The van der Waals surface area contributed by atoms with Gasteiger partial charge in [-0.2, -0.15) is 0 Å². The summed E-state index contributed by atoms with van der Waals surface area (Å²) in [6.07, 6.45) is 1.73. The molecule has 0 amide bonds. The highest BCUT2D eigenvalue weighted by molar-refractivity contribution is 5.87. The second-order valence-corrected chi connectivity index (χ2v) is 2.73. The van der Waals surface area contributed by atoms with Crippen LogP contribution in [0.4, 0.5) is 0 Å². The maximum Gasteiger partial charge on any atom is 0.335 e. The van der Waals surface area contributed by atoms with E-state index in [0.717, 1.165) is 0 Å². The van der Waals surface area contributed by atoms with E-state index in [1.54, 1.807) is 19.9 Å². The number of rotatable bonds is 5. The van der Waals surface area contributed by atoms with Crippen LogP contribution in [0.1, 0.15) is 26.7 Å². The van der Waals surface area contributed by atoms with E-state index >= 15 is 0 Å². The van der Waals surface area contributed by atoms with Gasteiger partial charge in [0.25, 0.3) is 0 Å². The minimum absolute atomic E-state index is 0.399. The molecule has 0 aliphatic rings. The van der Waals surface area contributed by atoms with Crippen LogP contribution in [-0.2, 0) is 9.53 Å². The molecule has 0 fully saturated rings. The zero-order valence-electron chi connectivity index (χ0n) is 8.12. The molecule has 0 spiro atoms. The Kier molecular flexibility index (Phi) is 6.18. The number of nitrogens with two attached hydrogens (primary N) is 1. The van der Waals surface area contributed by atoms with E-state index in [9.17, 15) is 4.79 Å². The first-order chi connectivity index (χ1) is 6.11. The molecule has 0 saturated carbocycles. The summed E-state index contributed by atoms with van der Waals surface area (Å²) < 4.78 is 4.67. The lowest BCUT2D eigenvalue weighted by molar-refractivity contribution is -0.163. The summed E-state index contributed by atoms with van der Waals surface area (Å²) in [6.45, 7) is 3.87. The van der Waals surface area contributed by atoms with Gasteiger partial charge in [-0.3, -0.25) is 0 Å². The van der Waals surface area contributed by atoms with Crippen molar-refractivity contribution in [3.8, 4) is 0 Å². The van der Waals surface area contributed by atoms with Crippen LogP contribution in [-0.4, -0.2) is 23.9 Å². The van der Waals surface area contributed by atoms with Crippen LogP contribution in [0.2, 0.25) is 0 Å². The van der Waals surface area contributed by atoms with Crippen LogP contribution < -0.4 is 5.73 Å². The Bertz CT molecular complexity index is 189. The lowest BCUT2D eigenvalue weighted by atomic mass is 10.2. The fourth-order valence-corrected chi connectivity index (χ4v) is 0.683. The van der Waals surface area contributed by atoms with Crippen LogP contribution in [0, 0.1) is 0 Å². The lowest BCUT2D eigenvalue weighted by Gasteiger charge is -2.09. The van der Waals surface area contributed by atoms with Crippen LogP contribution in [0.3, 0.4) is 0 Å². The van der Waals surface area contributed by atoms with Crippen LogP contribution in [0.5, 0.6) is 0 Å². The molecule has 0 bridgehead atoms. The lowest BCUT2D eigenvalue weighted by Crippen LogP contribution is -2.17. The molecule has 0 saturated heterocycles. The molecule has 4 heteroatoms. The van der Waals surface area contributed by atoms with Gasteiger partial charge in [0.2, 0.25) is 6.29 Å². The van der Waals surface area contributed by atoms with Crippen LogP contribution >= 0.6 is 0 Å². The predicted octanol–water partition coefficient (Wildman–Crippen LogP) is 0.553. The molecular formula is C9H17NO3. The predicted molar refractivity (Wildman–Crippen MR) is 49.8 cm³/mol. The number of ether oxygens (including phenoxy) is 1. The molecule has 0 aliphatic carbocycles. The smallest absolute Gasteiger partial charge is 0.335 e. The van der Waals surface area contributed by atoms with Gasteiger partial charge in [-0.05, 0) is 19.9 Å². The van der Waals surface area contributed by atoms with E-state index < -0.39 is 12.3 Å². The van der Waals surface area contributed by atoms with Gasteiger partial charge in [-0.15, -0.1) is 0 Å². The molecule has 0 heterocycles. The highest BCUT2D eigenvalue weighted by Crippen LogP contribution is 2.02. The molecule has 0 aromatic rings. The molecule has 0 aromatic carbocycles. The third-order valence-corrected chi connectivity index (χ3v) is 1.53. The van der Waals surface area contributed by atoms with E-state index in [1.807, 2.05) is 0 Å². The van der Waals surface area contributed by atoms with Crippen molar-refractivity contribution in [2.24, 2.45) is 5.73 Å². The molecule has 0 rings (SSSR count). The average Bonchev–Trinajstić information content (AvgIpc) is 2.13. The largest absolute Gasteiger partial charge is 0.433 e. The normalized spacial score (nSPS) is 14.0. The molecule has 0 radical (unpaired) electrons. The maximum atomic E-state index is 11.1. The van der Waals surface area contributed by atoms with Crippen molar-refractivity contribution in [3.05, 3.63) is 11.6 Å². The van der Waals surface area contributed by atoms with Crippen molar-refractivity contribution < 1.29 is 14.6 Å². The molecule has 1 unspecified atom stereocenters. The fraction of sp³-hybridized carbons (Fsp3) is 0.667. The Morgan fingerprint density at radius 2 is 2.31 bits per heavy atom. The van der Waals surface area contributed by atoms with E-state index in [0.29, 0.717) is 25.0 Å². The van der Waals surface area contributed by atoms with Gasteiger partial charge in [0.1, 0.15) is 0 Å². The zero-order chi connectivity index (χ0) is 10.3. The standard InChI is InChI=1S/C9H17NO3/c1-3-8(11)13-9(12)7(2)5-4-6-10/h5,8,11H,3-4,6,10H2,1-2H3/b7-5+.